The zero-order valence-electron chi connectivity index (χ0n) is 19.7. The Morgan fingerprint density at radius 1 is 0.968 bits per heavy atom. The molecule has 0 heterocycles. The molecule has 0 amide bonds. The van der Waals surface area contributed by atoms with Crippen LogP contribution in [0.15, 0.2) is 47.5 Å². The first-order valence-electron chi connectivity index (χ1n) is 11.1. The van der Waals surface area contributed by atoms with E-state index >= 15 is 0 Å². The lowest BCUT2D eigenvalue weighted by Crippen LogP contribution is -2.37. The minimum atomic E-state index is 0.537. The molecule has 2 aromatic carbocycles. The highest BCUT2D eigenvalue weighted by molar-refractivity contribution is 5.79. The lowest BCUT2D eigenvalue weighted by molar-refractivity contribution is 0.110. The first kappa shape index (κ1) is 24.7. The summed E-state index contributed by atoms with van der Waals surface area (Å²) in [6.07, 6.45) is 0. The molecule has 2 N–H and O–H groups in total. The highest BCUT2D eigenvalue weighted by Gasteiger charge is 2.07. The van der Waals surface area contributed by atoms with Crippen molar-refractivity contribution in [1.29, 1.82) is 0 Å². The van der Waals surface area contributed by atoms with Gasteiger partial charge in [-0.15, -0.1) is 0 Å². The summed E-state index contributed by atoms with van der Waals surface area (Å²) < 4.78 is 11.3. The summed E-state index contributed by atoms with van der Waals surface area (Å²) >= 11 is 0. The Bertz CT molecular complexity index is 821. The third-order valence-electron chi connectivity index (χ3n) is 4.72. The van der Waals surface area contributed by atoms with E-state index in [1.807, 2.05) is 6.92 Å². The van der Waals surface area contributed by atoms with Gasteiger partial charge in [-0.1, -0.05) is 36.4 Å². The number of aliphatic imine (C=N–C) groups is 1. The van der Waals surface area contributed by atoms with Gasteiger partial charge in [-0.05, 0) is 57.6 Å². The maximum atomic E-state index is 5.95. The molecular weight excluding hydrogens is 388 g/mol. The second-order valence-electron chi connectivity index (χ2n) is 7.71. The van der Waals surface area contributed by atoms with Crippen molar-refractivity contribution in [1.82, 2.24) is 15.5 Å². The van der Waals surface area contributed by atoms with Crippen LogP contribution < -0.4 is 15.4 Å². The van der Waals surface area contributed by atoms with Crippen molar-refractivity contribution in [3.05, 3.63) is 64.7 Å². The predicted molar refractivity (Wildman–Crippen MR) is 129 cm³/mol. The molecule has 0 bridgehead atoms. The van der Waals surface area contributed by atoms with Crippen molar-refractivity contribution in [3.8, 4) is 5.75 Å². The largest absolute Gasteiger partial charge is 0.491 e. The Morgan fingerprint density at radius 2 is 1.74 bits per heavy atom. The summed E-state index contributed by atoms with van der Waals surface area (Å²) in [5, 5.41) is 6.81. The lowest BCUT2D eigenvalue weighted by Gasteiger charge is -2.17. The number of hydrogen-bond acceptors (Lipinski definition) is 4. The zero-order chi connectivity index (χ0) is 22.5. The van der Waals surface area contributed by atoms with E-state index in [-0.39, 0.29) is 0 Å². The Kier molecular flexibility index (Phi) is 10.9. The Balaban J connectivity index is 2.06. The molecule has 0 aliphatic heterocycles. The highest BCUT2D eigenvalue weighted by atomic mass is 16.5. The molecule has 2 rings (SSSR count). The number of aryl methyl sites for hydroxylation is 1. The Labute approximate surface area is 187 Å². The molecule has 0 saturated heterocycles. The third kappa shape index (κ3) is 8.99. The fourth-order valence-electron chi connectivity index (χ4n) is 3.19. The molecule has 0 spiro atoms. The molecule has 0 atom stereocenters. The van der Waals surface area contributed by atoms with Crippen LogP contribution in [0.1, 0.15) is 36.1 Å². The number of benzene rings is 2. The van der Waals surface area contributed by atoms with Crippen LogP contribution in [0.25, 0.3) is 0 Å². The van der Waals surface area contributed by atoms with Gasteiger partial charge in [-0.25, -0.2) is 4.99 Å². The summed E-state index contributed by atoms with van der Waals surface area (Å²) in [7, 11) is 4.18. The molecule has 170 valence electrons. The van der Waals surface area contributed by atoms with Crippen LogP contribution >= 0.6 is 0 Å². The van der Waals surface area contributed by atoms with Gasteiger partial charge in [0.15, 0.2) is 5.96 Å². The molecule has 0 unspecified atom stereocenters. The SMILES string of the molecule is CCNC(=NCc1ccc(C)cc1OCCOCC)NCc1ccccc1CN(C)C. The average molecular weight is 427 g/mol. The Morgan fingerprint density at radius 3 is 2.45 bits per heavy atom. The van der Waals surface area contributed by atoms with Crippen molar-refractivity contribution >= 4 is 5.96 Å². The first-order valence-corrected chi connectivity index (χ1v) is 11.1. The molecule has 0 fully saturated rings. The van der Waals surface area contributed by atoms with Crippen LogP contribution in [-0.2, 0) is 24.4 Å². The van der Waals surface area contributed by atoms with Gasteiger partial charge in [0.1, 0.15) is 12.4 Å². The summed E-state index contributed by atoms with van der Waals surface area (Å²) in [4.78, 5) is 6.98. The number of guanidine groups is 1. The number of nitrogens with zero attached hydrogens (tertiary/aromatic N) is 2. The quantitative estimate of drug-likeness (QED) is 0.308. The van der Waals surface area contributed by atoms with Gasteiger partial charge in [-0.3, -0.25) is 0 Å². The van der Waals surface area contributed by atoms with Crippen molar-refractivity contribution in [3.63, 3.8) is 0 Å². The summed E-state index contributed by atoms with van der Waals surface area (Å²) in [5.74, 6) is 1.67. The van der Waals surface area contributed by atoms with E-state index in [9.17, 15) is 0 Å². The predicted octanol–water partition coefficient (Wildman–Crippen LogP) is 3.73. The average Bonchev–Trinajstić information content (AvgIpc) is 2.74. The molecule has 0 aliphatic rings. The maximum absolute atomic E-state index is 5.95. The van der Waals surface area contributed by atoms with Gasteiger partial charge < -0.3 is 25.0 Å². The van der Waals surface area contributed by atoms with E-state index in [4.69, 9.17) is 14.5 Å². The van der Waals surface area contributed by atoms with Gasteiger partial charge >= 0.3 is 0 Å². The molecule has 0 aromatic heterocycles. The van der Waals surface area contributed by atoms with Gasteiger partial charge in [0.25, 0.3) is 0 Å². The Hall–Kier alpha value is -2.57. The maximum Gasteiger partial charge on any atom is 0.191 e. The standard InChI is InChI=1S/C25H38N4O2/c1-6-26-25(27-17-21-10-8-9-11-23(21)19-29(4)5)28-18-22-13-12-20(3)16-24(22)31-15-14-30-7-2/h8-13,16H,6-7,14-15,17-19H2,1-5H3,(H2,26,27,28). The normalized spacial score (nSPS) is 11.6. The monoisotopic (exact) mass is 426 g/mol. The molecule has 0 radical (unpaired) electrons. The van der Waals surface area contributed by atoms with Gasteiger partial charge in [-0.2, -0.15) is 0 Å². The van der Waals surface area contributed by atoms with Gasteiger partial charge in [0, 0.05) is 31.8 Å². The fraction of sp³-hybridized carbons (Fsp3) is 0.480. The number of nitrogens with one attached hydrogen (secondary N) is 2. The van der Waals surface area contributed by atoms with Crippen molar-refractivity contribution in [2.45, 2.75) is 40.4 Å². The second kappa shape index (κ2) is 13.7. The van der Waals surface area contributed by atoms with E-state index < -0.39 is 0 Å². The minimum absolute atomic E-state index is 0.537. The minimum Gasteiger partial charge on any atom is -0.491 e. The number of hydrogen-bond donors (Lipinski definition) is 2. The van der Waals surface area contributed by atoms with Crippen molar-refractivity contribution in [2.24, 2.45) is 4.99 Å². The molecule has 6 nitrogen and oxygen atoms in total. The topological polar surface area (TPSA) is 58.1 Å². The van der Waals surface area contributed by atoms with E-state index in [2.05, 4.69) is 85.9 Å². The van der Waals surface area contributed by atoms with E-state index in [1.54, 1.807) is 0 Å². The second-order valence-corrected chi connectivity index (χ2v) is 7.71. The van der Waals surface area contributed by atoms with Gasteiger partial charge in [0.2, 0.25) is 0 Å². The third-order valence-corrected chi connectivity index (χ3v) is 4.72. The summed E-state index contributed by atoms with van der Waals surface area (Å²) in [5.41, 5.74) is 4.82. The molecule has 0 saturated carbocycles. The number of ether oxygens (including phenoxy) is 2. The van der Waals surface area contributed by atoms with E-state index in [0.717, 1.165) is 36.9 Å². The number of rotatable bonds is 12. The van der Waals surface area contributed by atoms with Crippen LogP contribution in [0.2, 0.25) is 0 Å². The zero-order valence-corrected chi connectivity index (χ0v) is 19.7. The summed E-state index contributed by atoms with van der Waals surface area (Å²) in [6.45, 7) is 10.9. The van der Waals surface area contributed by atoms with E-state index in [1.165, 1.54) is 16.7 Å². The molecule has 0 aliphatic carbocycles. The van der Waals surface area contributed by atoms with Crippen LogP contribution in [0.5, 0.6) is 5.75 Å². The van der Waals surface area contributed by atoms with Crippen molar-refractivity contribution in [2.75, 3.05) is 40.5 Å². The lowest BCUT2D eigenvalue weighted by atomic mass is 10.1. The molecule has 6 heteroatoms. The smallest absolute Gasteiger partial charge is 0.191 e. The van der Waals surface area contributed by atoms with Crippen LogP contribution in [0.3, 0.4) is 0 Å². The molecule has 31 heavy (non-hydrogen) atoms. The first-order chi connectivity index (χ1) is 15.0. The van der Waals surface area contributed by atoms with Crippen LogP contribution in [0, 0.1) is 6.92 Å². The van der Waals surface area contributed by atoms with Gasteiger partial charge in [0.05, 0.1) is 13.2 Å². The molecular formula is C25H38N4O2. The highest BCUT2D eigenvalue weighted by Crippen LogP contribution is 2.21. The molecule has 2 aromatic rings. The van der Waals surface area contributed by atoms with Crippen molar-refractivity contribution < 1.29 is 9.47 Å². The van der Waals surface area contributed by atoms with Crippen LogP contribution in [0.4, 0.5) is 0 Å². The fourth-order valence-corrected chi connectivity index (χ4v) is 3.19. The van der Waals surface area contributed by atoms with E-state index in [0.29, 0.717) is 26.4 Å². The van der Waals surface area contributed by atoms with Crippen LogP contribution in [-0.4, -0.2) is 51.3 Å². The summed E-state index contributed by atoms with van der Waals surface area (Å²) in [6, 6.07) is 14.8.